The molecule has 0 radical (unpaired) electrons. The summed E-state index contributed by atoms with van der Waals surface area (Å²) in [5, 5.41) is 0. The van der Waals surface area contributed by atoms with Crippen LogP contribution in [0.5, 0.6) is 11.8 Å². The standard InChI is InChI=1S/C11H9IN2O/c1-8-2-4-10(5-3-8)15-11-13-6-9(12)7-14-11/h2-7H,1H3. The molecule has 2 aromatic rings. The molecule has 0 atom stereocenters. The molecule has 0 amide bonds. The highest BCUT2D eigenvalue weighted by Gasteiger charge is 1.99. The first-order valence-corrected chi connectivity index (χ1v) is 5.54. The zero-order valence-corrected chi connectivity index (χ0v) is 10.3. The van der Waals surface area contributed by atoms with Crippen molar-refractivity contribution in [3.05, 3.63) is 45.8 Å². The smallest absolute Gasteiger partial charge is 0.321 e. The molecule has 76 valence electrons. The molecule has 0 aliphatic rings. The summed E-state index contributed by atoms with van der Waals surface area (Å²) in [7, 11) is 0. The van der Waals surface area contributed by atoms with Crippen LogP contribution in [0, 0.1) is 10.5 Å². The fourth-order valence-corrected chi connectivity index (χ4v) is 1.34. The van der Waals surface area contributed by atoms with E-state index in [1.54, 1.807) is 12.4 Å². The minimum absolute atomic E-state index is 0.374. The molecule has 2 rings (SSSR count). The van der Waals surface area contributed by atoms with Crippen LogP contribution in [0.2, 0.25) is 0 Å². The van der Waals surface area contributed by atoms with Gasteiger partial charge in [-0.3, -0.25) is 0 Å². The predicted octanol–water partition coefficient (Wildman–Crippen LogP) is 3.18. The van der Waals surface area contributed by atoms with Crippen molar-refractivity contribution in [2.45, 2.75) is 6.92 Å². The molecule has 3 nitrogen and oxygen atoms in total. The minimum atomic E-state index is 0.374. The molecule has 0 N–H and O–H groups in total. The number of aryl methyl sites for hydroxylation is 1. The summed E-state index contributed by atoms with van der Waals surface area (Å²) >= 11 is 2.15. The Labute approximate surface area is 102 Å². The molecule has 0 spiro atoms. The zero-order chi connectivity index (χ0) is 10.7. The average Bonchev–Trinajstić information content (AvgIpc) is 2.25. The Bertz CT molecular complexity index is 396. The topological polar surface area (TPSA) is 35.0 Å². The first-order valence-electron chi connectivity index (χ1n) is 4.46. The average molecular weight is 312 g/mol. The SMILES string of the molecule is Cc1ccc(Oc2ncc(I)cn2)cc1. The molecule has 0 saturated carbocycles. The Hall–Kier alpha value is -1.17. The van der Waals surface area contributed by atoms with Gasteiger partial charge < -0.3 is 4.74 Å². The third-order valence-electron chi connectivity index (χ3n) is 1.83. The lowest BCUT2D eigenvalue weighted by atomic mass is 10.2. The van der Waals surface area contributed by atoms with Crippen LogP contribution in [-0.2, 0) is 0 Å². The molecular formula is C11H9IN2O. The maximum Gasteiger partial charge on any atom is 0.321 e. The molecule has 1 aromatic heterocycles. The lowest BCUT2D eigenvalue weighted by molar-refractivity contribution is 0.441. The van der Waals surface area contributed by atoms with Gasteiger partial charge in [0.1, 0.15) is 5.75 Å². The Morgan fingerprint density at radius 1 is 1.07 bits per heavy atom. The van der Waals surface area contributed by atoms with Crippen molar-refractivity contribution >= 4 is 22.6 Å². The number of halogens is 1. The van der Waals surface area contributed by atoms with Crippen molar-refractivity contribution in [1.29, 1.82) is 0 Å². The largest absolute Gasteiger partial charge is 0.424 e. The summed E-state index contributed by atoms with van der Waals surface area (Å²) in [6, 6.07) is 8.15. The van der Waals surface area contributed by atoms with E-state index in [1.807, 2.05) is 31.2 Å². The first kappa shape index (κ1) is 10.4. The van der Waals surface area contributed by atoms with E-state index in [9.17, 15) is 0 Å². The van der Waals surface area contributed by atoms with E-state index in [0.717, 1.165) is 9.32 Å². The third-order valence-corrected chi connectivity index (χ3v) is 2.38. The summed E-state index contributed by atoms with van der Waals surface area (Å²) in [5.74, 6) is 0.752. The maximum absolute atomic E-state index is 5.46. The van der Waals surface area contributed by atoms with Gasteiger partial charge >= 0.3 is 6.01 Å². The highest BCUT2D eigenvalue weighted by molar-refractivity contribution is 14.1. The summed E-state index contributed by atoms with van der Waals surface area (Å²) in [4.78, 5) is 8.11. The Balaban J connectivity index is 2.15. The fraction of sp³-hybridized carbons (Fsp3) is 0.0909. The van der Waals surface area contributed by atoms with Crippen LogP contribution in [-0.4, -0.2) is 9.97 Å². The van der Waals surface area contributed by atoms with Gasteiger partial charge in [0, 0.05) is 16.0 Å². The summed E-state index contributed by atoms with van der Waals surface area (Å²) < 4.78 is 6.45. The summed E-state index contributed by atoms with van der Waals surface area (Å²) in [5.41, 5.74) is 1.20. The molecule has 15 heavy (non-hydrogen) atoms. The number of hydrogen-bond donors (Lipinski definition) is 0. The van der Waals surface area contributed by atoms with Crippen LogP contribution in [0.4, 0.5) is 0 Å². The minimum Gasteiger partial charge on any atom is -0.424 e. The second-order valence-electron chi connectivity index (χ2n) is 3.10. The Kier molecular flexibility index (Phi) is 3.15. The summed E-state index contributed by atoms with van der Waals surface area (Å²) in [6.07, 6.45) is 3.44. The number of rotatable bonds is 2. The lowest BCUT2D eigenvalue weighted by Gasteiger charge is -2.03. The van der Waals surface area contributed by atoms with Gasteiger partial charge in [-0.25, -0.2) is 9.97 Å². The van der Waals surface area contributed by atoms with Gasteiger partial charge in [-0.15, -0.1) is 0 Å². The van der Waals surface area contributed by atoms with E-state index in [2.05, 4.69) is 32.6 Å². The van der Waals surface area contributed by atoms with Crippen molar-refractivity contribution in [2.24, 2.45) is 0 Å². The van der Waals surface area contributed by atoms with Gasteiger partial charge in [0.25, 0.3) is 0 Å². The zero-order valence-electron chi connectivity index (χ0n) is 8.14. The van der Waals surface area contributed by atoms with Gasteiger partial charge in [-0.05, 0) is 41.6 Å². The van der Waals surface area contributed by atoms with E-state index >= 15 is 0 Å². The van der Waals surface area contributed by atoms with Crippen molar-refractivity contribution in [3.63, 3.8) is 0 Å². The van der Waals surface area contributed by atoms with Crippen LogP contribution in [0.1, 0.15) is 5.56 Å². The van der Waals surface area contributed by atoms with Gasteiger partial charge in [0.15, 0.2) is 0 Å². The maximum atomic E-state index is 5.46. The van der Waals surface area contributed by atoms with Crippen molar-refractivity contribution in [2.75, 3.05) is 0 Å². The highest BCUT2D eigenvalue weighted by Crippen LogP contribution is 2.17. The normalized spacial score (nSPS) is 10.0. The molecule has 0 saturated heterocycles. The first-order chi connectivity index (χ1) is 7.24. The van der Waals surface area contributed by atoms with Crippen molar-refractivity contribution in [3.8, 4) is 11.8 Å². The van der Waals surface area contributed by atoms with Gasteiger partial charge in [-0.1, -0.05) is 17.7 Å². The monoisotopic (exact) mass is 312 g/mol. The lowest BCUT2D eigenvalue weighted by Crippen LogP contribution is -1.91. The predicted molar refractivity (Wildman–Crippen MR) is 66.0 cm³/mol. The molecule has 0 aliphatic carbocycles. The molecule has 0 fully saturated rings. The summed E-state index contributed by atoms with van der Waals surface area (Å²) in [6.45, 7) is 2.03. The quantitative estimate of drug-likeness (QED) is 0.799. The Morgan fingerprint density at radius 2 is 1.67 bits per heavy atom. The van der Waals surface area contributed by atoms with E-state index in [0.29, 0.717) is 6.01 Å². The molecule has 1 heterocycles. The Morgan fingerprint density at radius 3 is 2.27 bits per heavy atom. The van der Waals surface area contributed by atoms with Gasteiger partial charge in [0.05, 0.1) is 0 Å². The van der Waals surface area contributed by atoms with Gasteiger partial charge in [-0.2, -0.15) is 0 Å². The number of hydrogen-bond acceptors (Lipinski definition) is 3. The van der Waals surface area contributed by atoms with E-state index in [4.69, 9.17) is 4.74 Å². The second kappa shape index (κ2) is 4.57. The van der Waals surface area contributed by atoms with E-state index < -0.39 is 0 Å². The van der Waals surface area contributed by atoms with E-state index in [1.165, 1.54) is 5.56 Å². The van der Waals surface area contributed by atoms with Crippen molar-refractivity contribution in [1.82, 2.24) is 9.97 Å². The van der Waals surface area contributed by atoms with Crippen molar-refractivity contribution < 1.29 is 4.74 Å². The van der Waals surface area contributed by atoms with Crippen LogP contribution in [0.15, 0.2) is 36.7 Å². The van der Waals surface area contributed by atoms with Crippen LogP contribution in [0.3, 0.4) is 0 Å². The van der Waals surface area contributed by atoms with Crippen LogP contribution >= 0.6 is 22.6 Å². The molecule has 0 unspecified atom stereocenters. The van der Waals surface area contributed by atoms with Crippen LogP contribution in [0.25, 0.3) is 0 Å². The van der Waals surface area contributed by atoms with E-state index in [-0.39, 0.29) is 0 Å². The molecule has 0 aliphatic heterocycles. The number of nitrogens with zero attached hydrogens (tertiary/aromatic N) is 2. The number of ether oxygens (including phenoxy) is 1. The third kappa shape index (κ3) is 2.89. The van der Waals surface area contributed by atoms with Gasteiger partial charge in [0.2, 0.25) is 0 Å². The number of benzene rings is 1. The second-order valence-corrected chi connectivity index (χ2v) is 4.34. The molecule has 0 bridgehead atoms. The fourth-order valence-electron chi connectivity index (χ4n) is 1.06. The molecular weight excluding hydrogens is 303 g/mol. The highest BCUT2D eigenvalue weighted by atomic mass is 127. The van der Waals surface area contributed by atoms with Crippen LogP contribution < -0.4 is 4.74 Å². The number of aromatic nitrogens is 2. The molecule has 4 heteroatoms. The molecule has 1 aromatic carbocycles.